The van der Waals surface area contributed by atoms with E-state index in [2.05, 4.69) is 10.3 Å². The Labute approximate surface area is 145 Å². The minimum absolute atomic E-state index is 0.170. The third kappa shape index (κ3) is 2.77. The van der Waals surface area contributed by atoms with E-state index in [0.717, 1.165) is 30.4 Å². The highest BCUT2D eigenvalue weighted by Gasteiger charge is 2.35. The number of nitrogens with one attached hydrogen (secondary N) is 1. The molecular weight excluding hydrogens is 322 g/mol. The Morgan fingerprint density at radius 1 is 1.44 bits per heavy atom. The van der Waals surface area contributed by atoms with Gasteiger partial charge in [-0.25, -0.2) is 14.8 Å². The van der Waals surface area contributed by atoms with Gasteiger partial charge in [0.2, 0.25) is 5.95 Å². The Balaban J connectivity index is 1.62. The molecule has 1 amide bonds. The van der Waals surface area contributed by atoms with Gasteiger partial charge in [-0.3, -0.25) is 4.57 Å². The summed E-state index contributed by atoms with van der Waals surface area (Å²) in [6.45, 7) is 3.07. The van der Waals surface area contributed by atoms with Crippen molar-refractivity contribution in [3.8, 4) is 0 Å². The van der Waals surface area contributed by atoms with Crippen LogP contribution >= 0.6 is 0 Å². The number of ether oxygens (including phenoxy) is 1. The maximum absolute atomic E-state index is 11.1. The molecule has 2 aliphatic rings. The number of hydrogen-bond acceptors (Lipinski definition) is 5. The van der Waals surface area contributed by atoms with E-state index >= 15 is 0 Å². The monoisotopic (exact) mass is 343 g/mol. The minimum atomic E-state index is -0.854. The molecular formula is C17H21N5O3. The summed E-state index contributed by atoms with van der Waals surface area (Å²) in [5.41, 5.74) is 1.02. The molecule has 1 fully saturated rings. The van der Waals surface area contributed by atoms with Crippen molar-refractivity contribution < 1.29 is 14.6 Å². The van der Waals surface area contributed by atoms with Crippen molar-refractivity contribution in [2.24, 2.45) is 0 Å². The summed E-state index contributed by atoms with van der Waals surface area (Å²) in [5.74, 6) is 0.716. The highest BCUT2D eigenvalue weighted by atomic mass is 16.5. The zero-order valence-corrected chi connectivity index (χ0v) is 14.1. The molecule has 0 aromatic carbocycles. The topological polar surface area (TPSA) is 92.5 Å². The van der Waals surface area contributed by atoms with Crippen molar-refractivity contribution in [1.82, 2.24) is 19.4 Å². The van der Waals surface area contributed by atoms with Crippen molar-refractivity contribution in [2.75, 3.05) is 18.4 Å². The molecule has 2 N–H and O–H groups in total. The summed E-state index contributed by atoms with van der Waals surface area (Å²) in [6.07, 6.45) is 6.83. The number of rotatable bonds is 3. The molecule has 0 spiro atoms. The number of carboxylic acid groups (broad SMARTS) is 1. The summed E-state index contributed by atoms with van der Waals surface area (Å²) < 4.78 is 7.85. The highest BCUT2D eigenvalue weighted by molar-refractivity contribution is 5.75. The summed E-state index contributed by atoms with van der Waals surface area (Å²) in [7, 11) is 0. The van der Waals surface area contributed by atoms with Crippen LogP contribution in [0.15, 0.2) is 30.7 Å². The number of fused-ring (bicyclic) bond motifs is 1. The molecule has 4 heterocycles. The Morgan fingerprint density at radius 3 is 2.92 bits per heavy atom. The molecule has 4 rings (SSSR count). The van der Waals surface area contributed by atoms with E-state index in [-0.39, 0.29) is 6.04 Å². The second kappa shape index (κ2) is 5.94. The van der Waals surface area contributed by atoms with Crippen LogP contribution in [0.25, 0.3) is 11.2 Å². The van der Waals surface area contributed by atoms with Gasteiger partial charge in [-0.15, -0.1) is 0 Å². The number of pyridine rings is 1. The van der Waals surface area contributed by atoms with E-state index in [1.807, 2.05) is 29.7 Å². The largest absolute Gasteiger partial charge is 0.475 e. The van der Waals surface area contributed by atoms with Gasteiger partial charge in [0.1, 0.15) is 5.52 Å². The second-order valence-corrected chi connectivity index (χ2v) is 6.67. The third-order valence-corrected chi connectivity index (χ3v) is 4.90. The Bertz CT molecular complexity index is 815. The lowest BCUT2D eigenvalue weighted by Crippen LogP contribution is -2.42. The first-order valence-electron chi connectivity index (χ1n) is 8.48. The van der Waals surface area contributed by atoms with Gasteiger partial charge >= 0.3 is 6.09 Å². The SMILES string of the molecule is CC1(n2c(NC3CCN(C(=O)O)CC3)nc3cccnc32)CC=CO1. The molecule has 0 saturated carbocycles. The Morgan fingerprint density at radius 2 is 2.24 bits per heavy atom. The smallest absolute Gasteiger partial charge is 0.407 e. The lowest BCUT2D eigenvalue weighted by molar-refractivity contribution is -0.00636. The second-order valence-electron chi connectivity index (χ2n) is 6.67. The van der Waals surface area contributed by atoms with Crippen LogP contribution in [0.1, 0.15) is 26.2 Å². The summed E-state index contributed by atoms with van der Waals surface area (Å²) in [6, 6.07) is 3.97. The van der Waals surface area contributed by atoms with Crippen LogP contribution < -0.4 is 5.32 Å². The van der Waals surface area contributed by atoms with Gasteiger partial charge in [-0.05, 0) is 38.0 Å². The first kappa shape index (κ1) is 15.7. The molecule has 1 unspecified atom stereocenters. The lowest BCUT2D eigenvalue weighted by Gasteiger charge is -2.32. The van der Waals surface area contributed by atoms with Crippen molar-refractivity contribution >= 4 is 23.2 Å². The van der Waals surface area contributed by atoms with E-state index in [0.29, 0.717) is 19.0 Å². The van der Waals surface area contributed by atoms with E-state index in [1.165, 1.54) is 4.90 Å². The number of hydrogen-bond donors (Lipinski definition) is 2. The van der Waals surface area contributed by atoms with Crippen molar-refractivity contribution in [3.63, 3.8) is 0 Å². The Kier molecular flexibility index (Phi) is 3.74. The zero-order chi connectivity index (χ0) is 17.4. The van der Waals surface area contributed by atoms with Gasteiger partial charge < -0.3 is 20.1 Å². The van der Waals surface area contributed by atoms with Gasteiger partial charge in [-0.2, -0.15) is 0 Å². The van der Waals surface area contributed by atoms with E-state index in [9.17, 15) is 4.79 Å². The fourth-order valence-corrected chi connectivity index (χ4v) is 3.51. The number of carbonyl (C=O) groups is 1. The summed E-state index contributed by atoms with van der Waals surface area (Å²) in [5, 5.41) is 12.6. The fourth-order valence-electron chi connectivity index (χ4n) is 3.51. The summed E-state index contributed by atoms with van der Waals surface area (Å²) >= 11 is 0. The van der Waals surface area contributed by atoms with Gasteiger partial charge in [0.25, 0.3) is 0 Å². The first-order chi connectivity index (χ1) is 12.1. The van der Waals surface area contributed by atoms with Crippen molar-refractivity contribution in [2.45, 2.75) is 38.0 Å². The van der Waals surface area contributed by atoms with Gasteiger partial charge in [-0.1, -0.05) is 0 Å². The van der Waals surface area contributed by atoms with E-state index in [1.54, 1.807) is 12.5 Å². The predicted molar refractivity (Wildman–Crippen MR) is 92.3 cm³/mol. The molecule has 132 valence electrons. The maximum Gasteiger partial charge on any atom is 0.407 e. The summed E-state index contributed by atoms with van der Waals surface area (Å²) in [4.78, 5) is 21.7. The molecule has 0 aliphatic carbocycles. The number of nitrogens with zero attached hydrogens (tertiary/aromatic N) is 4. The third-order valence-electron chi connectivity index (χ3n) is 4.90. The van der Waals surface area contributed by atoms with Gasteiger partial charge in [0.15, 0.2) is 11.4 Å². The van der Waals surface area contributed by atoms with Crippen molar-refractivity contribution in [1.29, 1.82) is 0 Å². The molecule has 1 saturated heterocycles. The van der Waals surface area contributed by atoms with Crippen LogP contribution in [0, 0.1) is 0 Å². The van der Waals surface area contributed by atoms with Crippen LogP contribution in [0.2, 0.25) is 0 Å². The molecule has 0 radical (unpaired) electrons. The normalized spacial score (nSPS) is 23.8. The molecule has 8 heteroatoms. The molecule has 2 aromatic rings. The van der Waals surface area contributed by atoms with E-state index in [4.69, 9.17) is 14.8 Å². The highest BCUT2D eigenvalue weighted by Crippen LogP contribution is 2.35. The van der Waals surface area contributed by atoms with Crippen LogP contribution in [0.4, 0.5) is 10.7 Å². The number of likely N-dealkylation sites (tertiary alicyclic amines) is 1. The van der Waals surface area contributed by atoms with Crippen LogP contribution in [0.5, 0.6) is 0 Å². The molecule has 2 aromatic heterocycles. The number of piperidine rings is 1. The standard InChI is InChI=1S/C17H21N5O3/c1-17(7-3-11-25-17)22-14-13(4-2-8-18-14)20-15(22)19-12-5-9-21(10-6-12)16(23)24/h2-4,8,11-12H,5-7,9-10H2,1H3,(H,19,20)(H,23,24). The van der Waals surface area contributed by atoms with Crippen LogP contribution in [0.3, 0.4) is 0 Å². The molecule has 8 nitrogen and oxygen atoms in total. The predicted octanol–water partition coefficient (Wildman–Crippen LogP) is 2.59. The average Bonchev–Trinajstić information content (AvgIpc) is 3.19. The van der Waals surface area contributed by atoms with Gasteiger partial charge in [0, 0.05) is 31.7 Å². The van der Waals surface area contributed by atoms with Crippen molar-refractivity contribution in [3.05, 3.63) is 30.7 Å². The van der Waals surface area contributed by atoms with Crippen LogP contribution in [-0.2, 0) is 10.5 Å². The van der Waals surface area contributed by atoms with Crippen LogP contribution in [-0.4, -0.2) is 49.8 Å². The molecule has 1 atom stereocenters. The number of imidazole rings is 1. The quantitative estimate of drug-likeness (QED) is 0.890. The zero-order valence-electron chi connectivity index (χ0n) is 14.1. The molecule has 0 bridgehead atoms. The lowest BCUT2D eigenvalue weighted by atomic mass is 10.1. The molecule has 2 aliphatic heterocycles. The first-order valence-corrected chi connectivity index (χ1v) is 8.48. The van der Waals surface area contributed by atoms with Gasteiger partial charge in [0.05, 0.1) is 6.26 Å². The van der Waals surface area contributed by atoms with E-state index < -0.39 is 11.8 Å². The molecule has 25 heavy (non-hydrogen) atoms. The Hall–Kier alpha value is -2.77. The fraction of sp³-hybridized carbons (Fsp3) is 0.471. The number of anilines is 1. The minimum Gasteiger partial charge on any atom is -0.475 e. The maximum atomic E-state index is 11.1. The number of amides is 1. The average molecular weight is 343 g/mol. The number of aromatic nitrogens is 3.